The zero-order valence-electron chi connectivity index (χ0n) is 17.3. The van der Waals surface area contributed by atoms with Crippen molar-refractivity contribution in [3.05, 3.63) is 60.1 Å². The standard InChI is InChI=1S/C20H19N9O3/c1-29(13-6-4-3-5-7-13)20-26-15(25-19(21)27-20)16-24-18(32-28-16)17(30)23-11-12-8-9-14(31-2)22-10-12/h3-10H,11H2,1-2H3,(H,23,30)(H2,21,25,26,27). The molecular weight excluding hydrogens is 414 g/mol. The Morgan fingerprint density at radius 2 is 1.91 bits per heavy atom. The molecule has 0 fully saturated rings. The Morgan fingerprint density at radius 1 is 1.09 bits per heavy atom. The number of nitrogens with one attached hydrogen (secondary N) is 1. The average Bonchev–Trinajstić information content (AvgIpc) is 3.33. The molecule has 3 aromatic heterocycles. The van der Waals surface area contributed by atoms with Crippen LogP contribution < -0.4 is 20.7 Å². The molecule has 162 valence electrons. The van der Waals surface area contributed by atoms with E-state index in [1.165, 1.54) is 7.11 Å². The summed E-state index contributed by atoms with van der Waals surface area (Å²) in [6, 6.07) is 13.0. The molecule has 0 aliphatic carbocycles. The second kappa shape index (κ2) is 9.04. The maximum absolute atomic E-state index is 12.4. The molecule has 0 saturated heterocycles. The molecule has 0 unspecified atom stereocenters. The van der Waals surface area contributed by atoms with Gasteiger partial charge in [-0.05, 0) is 17.7 Å². The van der Waals surface area contributed by atoms with Crippen molar-refractivity contribution in [3.63, 3.8) is 0 Å². The number of aromatic nitrogens is 6. The van der Waals surface area contributed by atoms with E-state index in [0.717, 1.165) is 11.3 Å². The van der Waals surface area contributed by atoms with Crippen LogP contribution in [0.25, 0.3) is 11.6 Å². The highest BCUT2D eigenvalue weighted by Gasteiger charge is 2.20. The molecule has 0 atom stereocenters. The van der Waals surface area contributed by atoms with Gasteiger partial charge in [0.15, 0.2) is 0 Å². The van der Waals surface area contributed by atoms with Crippen LogP contribution in [0.4, 0.5) is 17.6 Å². The van der Waals surface area contributed by atoms with E-state index < -0.39 is 5.91 Å². The van der Waals surface area contributed by atoms with Gasteiger partial charge in [0.2, 0.25) is 29.4 Å². The summed E-state index contributed by atoms with van der Waals surface area (Å²) in [6.07, 6.45) is 1.59. The van der Waals surface area contributed by atoms with Gasteiger partial charge in [-0.25, -0.2) is 4.98 Å². The van der Waals surface area contributed by atoms with Crippen LogP contribution in [-0.4, -0.2) is 50.1 Å². The number of hydrogen-bond donors (Lipinski definition) is 2. The lowest BCUT2D eigenvalue weighted by Crippen LogP contribution is -2.23. The fourth-order valence-corrected chi connectivity index (χ4v) is 2.70. The van der Waals surface area contributed by atoms with E-state index in [9.17, 15) is 4.79 Å². The van der Waals surface area contributed by atoms with Crippen molar-refractivity contribution in [1.29, 1.82) is 0 Å². The molecular formula is C20H19N9O3. The molecule has 1 aromatic carbocycles. The first-order valence-corrected chi connectivity index (χ1v) is 9.45. The summed E-state index contributed by atoms with van der Waals surface area (Å²) in [4.78, 5) is 34.8. The normalized spacial score (nSPS) is 10.6. The first kappa shape index (κ1) is 20.7. The summed E-state index contributed by atoms with van der Waals surface area (Å²) in [5.41, 5.74) is 7.47. The number of amides is 1. The third kappa shape index (κ3) is 4.59. The van der Waals surface area contributed by atoms with Crippen molar-refractivity contribution < 1.29 is 14.1 Å². The molecule has 4 rings (SSSR count). The van der Waals surface area contributed by atoms with Crippen molar-refractivity contribution in [1.82, 2.24) is 35.4 Å². The Bertz CT molecular complexity index is 1210. The molecule has 0 aliphatic rings. The number of ether oxygens (including phenoxy) is 1. The molecule has 0 saturated carbocycles. The van der Waals surface area contributed by atoms with Crippen LogP contribution in [0.1, 0.15) is 16.2 Å². The van der Waals surface area contributed by atoms with Crippen LogP contribution in [0.3, 0.4) is 0 Å². The van der Waals surface area contributed by atoms with E-state index in [1.54, 1.807) is 30.3 Å². The minimum Gasteiger partial charge on any atom is -0.481 e. The number of nitrogens with zero attached hydrogens (tertiary/aromatic N) is 7. The number of carbonyl (C=O) groups is 1. The van der Waals surface area contributed by atoms with Gasteiger partial charge in [0, 0.05) is 31.5 Å². The van der Waals surface area contributed by atoms with Crippen molar-refractivity contribution in [2.24, 2.45) is 0 Å². The zero-order chi connectivity index (χ0) is 22.5. The molecule has 0 radical (unpaired) electrons. The van der Waals surface area contributed by atoms with E-state index in [2.05, 4.69) is 35.4 Å². The highest BCUT2D eigenvalue weighted by Crippen LogP contribution is 2.22. The maximum atomic E-state index is 12.4. The van der Waals surface area contributed by atoms with E-state index >= 15 is 0 Å². The number of benzene rings is 1. The summed E-state index contributed by atoms with van der Waals surface area (Å²) in [5.74, 6) is 0.0600. The van der Waals surface area contributed by atoms with Crippen molar-refractivity contribution in [3.8, 4) is 17.5 Å². The van der Waals surface area contributed by atoms with Gasteiger partial charge >= 0.3 is 11.8 Å². The lowest BCUT2D eigenvalue weighted by molar-refractivity contribution is 0.0907. The number of para-hydroxylation sites is 1. The van der Waals surface area contributed by atoms with Gasteiger partial charge in [-0.1, -0.05) is 29.4 Å². The predicted molar refractivity (Wildman–Crippen MR) is 114 cm³/mol. The van der Waals surface area contributed by atoms with Crippen molar-refractivity contribution in [2.45, 2.75) is 6.54 Å². The number of pyridine rings is 1. The van der Waals surface area contributed by atoms with Gasteiger partial charge in [-0.2, -0.15) is 19.9 Å². The first-order valence-electron chi connectivity index (χ1n) is 9.45. The smallest absolute Gasteiger partial charge is 0.316 e. The Morgan fingerprint density at radius 3 is 2.62 bits per heavy atom. The Hall–Kier alpha value is -4.61. The van der Waals surface area contributed by atoms with Crippen molar-refractivity contribution >= 4 is 23.5 Å². The van der Waals surface area contributed by atoms with E-state index in [-0.39, 0.29) is 30.0 Å². The lowest BCUT2D eigenvalue weighted by atomic mass is 10.3. The van der Waals surface area contributed by atoms with Crippen LogP contribution in [-0.2, 0) is 6.54 Å². The van der Waals surface area contributed by atoms with Gasteiger partial charge in [0.25, 0.3) is 0 Å². The number of methoxy groups -OCH3 is 1. The molecule has 3 heterocycles. The largest absolute Gasteiger partial charge is 0.481 e. The fourth-order valence-electron chi connectivity index (χ4n) is 2.70. The molecule has 4 aromatic rings. The lowest BCUT2D eigenvalue weighted by Gasteiger charge is -2.17. The van der Waals surface area contributed by atoms with Crippen LogP contribution in [0.15, 0.2) is 53.2 Å². The second-order valence-electron chi connectivity index (χ2n) is 6.53. The Balaban J connectivity index is 1.49. The second-order valence-corrected chi connectivity index (χ2v) is 6.53. The maximum Gasteiger partial charge on any atom is 0.316 e. The molecule has 12 heteroatoms. The summed E-state index contributed by atoms with van der Waals surface area (Å²) in [6.45, 7) is 0.221. The summed E-state index contributed by atoms with van der Waals surface area (Å²) in [5, 5.41) is 6.47. The SMILES string of the molecule is COc1ccc(CNC(=O)c2nc(-c3nc(N)nc(N(C)c4ccccc4)n3)no2)cn1. The van der Waals surface area contributed by atoms with E-state index in [1.807, 2.05) is 30.3 Å². The minimum absolute atomic E-state index is 0.0121. The van der Waals surface area contributed by atoms with E-state index in [0.29, 0.717) is 11.8 Å². The highest BCUT2D eigenvalue weighted by molar-refractivity contribution is 5.89. The third-order valence-electron chi connectivity index (χ3n) is 4.36. The molecule has 1 amide bonds. The van der Waals surface area contributed by atoms with Gasteiger partial charge in [-0.15, -0.1) is 0 Å². The Kier molecular flexibility index (Phi) is 5.83. The number of rotatable bonds is 7. The minimum atomic E-state index is -0.553. The summed E-state index contributed by atoms with van der Waals surface area (Å²) < 4.78 is 10.1. The molecule has 12 nitrogen and oxygen atoms in total. The van der Waals surface area contributed by atoms with Crippen LogP contribution >= 0.6 is 0 Å². The number of hydrogen-bond acceptors (Lipinski definition) is 11. The number of anilines is 3. The molecule has 32 heavy (non-hydrogen) atoms. The summed E-state index contributed by atoms with van der Waals surface area (Å²) >= 11 is 0. The topological polar surface area (TPSA) is 158 Å². The first-order chi connectivity index (χ1) is 15.5. The van der Waals surface area contributed by atoms with Crippen molar-refractivity contribution in [2.75, 3.05) is 24.8 Å². The average molecular weight is 433 g/mol. The van der Waals surface area contributed by atoms with Crippen LogP contribution in [0.5, 0.6) is 5.88 Å². The third-order valence-corrected chi connectivity index (χ3v) is 4.36. The quantitative estimate of drug-likeness (QED) is 0.436. The van der Waals surface area contributed by atoms with Gasteiger partial charge in [0.05, 0.1) is 7.11 Å². The number of carbonyl (C=O) groups excluding carboxylic acids is 1. The predicted octanol–water partition coefficient (Wildman–Crippen LogP) is 1.61. The highest BCUT2D eigenvalue weighted by atomic mass is 16.5. The van der Waals surface area contributed by atoms with Gasteiger partial charge in [0.1, 0.15) is 0 Å². The zero-order valence-corrected chi connectivity index (χ0v) is 17.3. The molecule has 3 N–H and O–H groups in total. The monoisotopic (exact) mass is 433 g/mol. The fraction of sp³-hybridized carbons (Fsp3) is 0.150. The van der Waals surface area contributed by atoms with Gasteiger partial charge < -0.3 is 25.2 Å². The summed E-state index contributed by atoms with van der Waals surface area (Å²) in [7, 11) is 3.32. The van der Waals surface area contributed by atoms with Crippen LogP contribution in [0, 0.1) is 0 Å². The van der Waals surface area contributed by atoms with E-state index in [4.69, 9.17) is 15.0 Å². The van der Waals surface area contributed by atoms with Crippen LogP contribution in [0.2, 0.25) is 0 Å². The Labute approximate surface area is 182 Å². The molecule has 0 spiro atoms. The molecule has 0 bridgehead atoms. The number of nitrogen functional groups attached to an aromatic ring is 1. The number of nitrogens with two attached hydrogens (primary N) is 1. The molecule has 0 aliphatic heterocycles. The van der Waals surface area contributed by atoms with Gasteiger partial charge in [-0.3, -0.25) is 4.79 Å².